The molecule has 0 bridgehead atoms. The molecule has 62 heavy (non-hydrogen) atoms. The Hall–Kier alpha value is -3.23. The number of quaternary nitrogens is 1. The molecule has 0 heterocycles. The predicted octanol–water partition coefficient (Wildman–Crippen LogP) is 14.3. The third-order valence-corrected chi connectivity index (χ3v) is 10.9. The van der Waals surface area contributed by atoms with E-state index in [2.05, 4.69) is 86.8 Å². The monoisotopic (exact) mass is 869 g/mol. The third-order valence-electron chi connectivity index (χ3n) is 10.9. The number of esters is 2. The van der Waals surface area contributed by atoms with Crippen molar-refractivity contribution in [1.82, 2.24) is 0 Å². The molecule has 0 aromatic rings. The van der Waals surface area contributed by atoms with Crippen LogP contribution in [0.5, 0.6) is 0 Å². The SMILES string of the molecule is CC/C=C/C/C=C/C/C=C/C/C=C/CCCCCCCCC(=O)OCC(COCCC(C(=O)O)[N+](C)(C)C)OC(=O)CCCCCCCCCCCC/C=C/C=C/CCCCC. The first-order valence-corrected chi connectivity index (χ1v) is 25.0. The second-order valence-corrected chi connectivity index (χ2v) is 17.7. The van der Waals surface area contributed by atoms with Crippen LogP contribution in [-0.2, 0) is 28.6 Å². The van der Waals surface area contributed by atoms with Gasteiger partial charge in [0.1, 0.15) is 6.61 Å². The topological polar surface area (TPSA) is 99.1 Å². The van der Waals surface area contributed by atoms with Gasteiger partial charge in [-0.25, -0.2) is 4.79 Å². The number of hydrogen-bond acceptors (Lipinski definition) is 6. The minimum absolute atomic E-state index is 0.0522. The van der Waals surface area contributed by atoms with Crippen LogP contribution in [0, 0.1) is 0 Å². The molecule has 0 aliphatic heterocycles. The van der Waals surface area contributed by atoms with Crippen LogP contribution in [-0.4, -0.2) is 80.6 Å². The molecule has 0 aliphatic carbocycles. The molecule has 1 N–H and O–H groups in total. The maximum atomic E-state index is 12.8. The van der Waals surface area contributed by atoms with Crippen molar-refractivity contribution in [2.24, 2.45) is 0 Å². The Morgan fingerprint density at radius 3 is 1.44 bits per heavy atom. The Balaban J connectivity index is 4.30. The Labute approximate surface area is 381 Å². The average Bonchev–Trinajstić information content (AvgIpc) is 3.23. The van der Waals surface area contributed by atoms with E-state index in [1.807, 2.05) is 21.1 Å². The number of nitrogens with zero attached hydrogens (tertiary/aromatic N) is 1. The van der Waals surface area contributed by atoms with E-state index in [0.29, 0.717) is 19.3 Å². The summed E-state index contributed by atoms with van der Waals surface area (Å²) in [6.07, 6.45) is 56.5. The number of unbranched alkanes of at least 4 members (excludes halogenated alkanes) is 19. The highest BCUT2D eigenvalue weighted by molar-refractivity contribution is 5.72. The van der Waals surface area contributed by atoms with E-state index in [0.717, 1.165) is 77.0 Å². The molecule has 2 unspecified atom stereocenters. The van der Waals surface area contributed by atoms with Gasteiger partial charge in [0.25, 0.3) is 0 Å². The molecule has 8 heteroatoms. The van der Waals surface area contributed by atoms with Gasteiger partial charge in [0, 0.05) is 19.3 Å². The fourth-order valence-corrected chi connectivity index (χ4v) is 7.01. The van der Waals surface area contributed by atoms with E-state index in [-0.39, 0.29) is 36.2 Å². The van der Waals surface area contributed by atoms with Crippen LogP contribution >= 0.6 is 0 Å². The van der Waals surface area contributed by atoms with Crippen LogP contribution in [0.4, 0.5) is 0 Å². The Bertz CT molecular complexity index is 1240. The van der Waals surface area contributed by atoms with Crippen LogP contribution in [0.2, 0.25) is 0 Å². The lowest BCUT2D eigenvalue weighted by Gasteiger charge is -2.31. The van der Waals surface area contributed by atoms with Gasteiger partial charge in [-0.15, -0.1) is 0 Å². The van der Waals surface area contributed by atoms with Gasteiger partial charge in [-0.2, -0.15) is 0 Å². The van der Waals surface area contributed by atoms with Crippen LogP contribution in [0.3, 0.4) is 0 Å². The summed E-state index contributed by atoms with van der Waals surface area (Å²) < 4.78 is 17.3. The van der Waals surface area contributed by atoms with Crippen molar-refractivity contribution < 1.29 is 38.2 Å². The molecule has 356 valence electrons. The normalized spacial score (nSPS) is 13.5. The molecule has 2 atom stereocenters. The fraction of sp³-hybridized carbons (Fsp3) is 0.722. The second kappa shape index (κ2) is 44.4. The van der Waals surface area contributed by atoms with E-state index in [1.54, 1.807) is 0 Å². The summed E-state index contributed by atoms with van der Waals surface area (Å²) in [4.78, 5) is 37.1. The number of ether oxygens (including phenoxy) is 3. The van der Waals surface area contributed by atoms with Crippen LogP contribution in [0.25, 0.3) is 0 Å². The number of carbonyl (C=O) groups excluding carboxylic acids is 2. The summed E-state index contributed by atoms with van der Waals surface area (Å²) in [6, 6.07) is -0.621. The van der Waals surface area contributed by atoms with E-state index in [4.69, 9.17) is 14.2 Å². The number of aliphatic carboxylic acids is 1. The zero-order valence-corrected chi connectivity index (χ0v) is 40.6. The van der Waals surface area contributed by atoms with Crippen molar-refractivity contribution in [3.05, 3.63) is 72.9 Å². The Morgan fingerprint density at radius 2 is 0.952 bits per heavy atom. The molecule has 0 saturated carbocycles. The molecule has 0 amide bonds. The molecule has 0 aliphatic rings. The molecule has 0 spiro atoms. The quantitative estimate of drug-likeness (QED) is 0.0214. The molecule has 8 nitrogen and oxygen atoms in total. The minimum Gasteiger partial charge on any atom is -0.477 e. The molecular weight excluding hydrogens is 775 g/mol. The maximum absolute atomic E-state index is 12.8. The molecule has 0 saturated heterocycles. The van der Waals surface area contributed by atoms with Gasteiger partial charge >= 0.3 is 17.9 Å². The predicted molar refractivity (Wildman–Crippen MR) is 261 cm³/mol. The first-order chi connectivity index (χ1) is 30.1. The standard InChI is InChI=1S/C54H93NO7/c1-6-8-10-12-14-16-18-20-22-24-26-28-30-32-34-36-38-40-42-44-52(56)61-49-50(48-60-47-46-51(54(58)59)55(3,4)5)62-53(57)45-43-41-39-37-35-33-31-29-27-25-23-21-19-17-15-13-11-9-7-2/h8,10,14-17,19-22,26,28,50-51H,6-7,9,11-13,18,23-25,27,29-49H2,1-5H3/p+1/b10-8+,16-14+,17-15+,21-19+,22-20+,28-26+. The number of allylic oxidation sites excluding steroid dienone is 12. The van der Waals surface area contributed by atoms with Crippen molar-refractivity contribution in [2.75, 3.05) is 41.0 Å². The summed E-state index contributed by atoms with van der Waals surface area (Å²) in [5, 5.41) is 9.65. The second-order valence-electron chi connectivity index (χ2n) is 17.7. The lowest BCUT2D eigenvalue weighted by Crippen LogP contribution is -2.50. The summed E-state index contributed by atoms with van der Waals surface area (Å²) in [5.74, 6) is -1.49. The number of rotatable bonds is 44. The van der Waals surface area contributed by atoms with Gasteiger partial charge in [-0.3, -0.25) is 9.59 Å². The van der Waals surface area contributed by atoms with E-state index >= 15 is 0 Å². The summed E-state index contributed by atoms with van der Waals surface area (Å²) in [6.45, 7) is 4.58. The van der Waals surface area contributed by atoms with Crippen molar-refractivity contribution in [3.8, 4) is 0 Å². The Kier molecular flexibility index (Phi) is 42.1. The van der Waals surface area contributed by atoms with Crippen molar-refractivity contribution in [3.63, 3.8) is 0 Å². The number of carboxylic acids is 1. The lowest BCUT2D eigenvalue weighted by atomic mass is 10.1. The lowest BCUT2D eigenvalue weighted by molar-refractivity contribution is -0.887. The highest BCUT2D eigenvalue weighted by atomic mass is 16.6. The van der Waals surface area contributed by atoms with Crippen LogP contribution in [0.15, 0.2) is 72.9 Å². The first kappa shape index (κ1) is 58.8. The van der Waals surface area contributed by atoms with Gasteiger partial charge in [0.05, 0.1) is 34.4 Å². The van der Waals surface area contributed by atoms with Gasteiger partial charge in [0.15, 0.2) is 12.1 Å². The molecular formula is C54H94NO7+. The molecule has 0 aromatic carbocycles. The largest absolute Gasteiger partial charge is 0.477 e. The fourth-order valence-electron chi connectivity index (χ4n) is 7.01. The van der Waals surface area contributed by atoms with E-state index < -0.39 is 18.1 Å². The number of carboxylic acid groups (broad SMARTS) is 1. The highest BCUT2D eigenvalue weighted by Crippen LogP contribution is 2.15. The Morgan fingerprint density at radius 1 is 0.516 bits per heavy atom. The van der Waals surface area contributed by atoms with Crippen molar-refractivity contribution in [1.29, 1.82) is 0 Å². The van der Waals surface area contributed by atoms with Gasteiger partial charge < -0.3 is 23.8 Å². The highest BCUT2D eigenvalue weighted by Gasteiger charge is 2.31. The van der Waals surface area contributed by atoms with Crippen LogP contribution < -0.4 is 0 Å². The van der Waals surface area contributed by atoms with E-state index in [9.17, 15) is 19.5 Å². The summed E-state index contributed by atoms with van der Waals surface area (Å²) >= 11 is 0. The zero-order valence-electron chi connectivity index (χ0n) is 40.6. The zero-order chi connectivity index (χ0) is 45.6. The van der Waals surface area contributed by atoms with Gasteiger partial charge in [-0.1, -0.05) is 177 Å². The third kappa shape index (κ3) is 42.1. The van der Waals surface area contributed by atoms with Crippen molar-refractivity contribution >= 4 is 17.9 Å². The van der Waals surface area contributed by atoms with Gasteiger partial charge in [0.2, 0.25) is 0 Å². The van der Waals surface area contributed by atoms with Crippen molar-refractivity contribution in [2.45, 2.75) is 212 Å². The molecule has 0 aromatic heterocycles. The minimum atomic E-state index is -0.879. The molecule has 0 radical (unpaired) electrons. The molecule has 0 rings (SSSR count). The average molecular weight is 869 g/mol. The molecule has 0 fully saturated rings. The van der Waals surface area contributed by atoms with Gasteiger partial charge in [-0.05, 0) is 77.0 Å². The number of likely N-dealkylation sites (N-methyl/N-ethyl adjacent to an activating group) is 1. The number of carbonyl (C=O) groups is 3. The van der Waals surface area contributed by atoms with E-state index in [1.165, 1.54) is 89.9 Å². The van der Waals surface area contributed by atoms with Crippen LogP contribution in [0.1, 0.15) is 200 Å². The smallest absolute Gasteiger partial charge is 0.362 e. The first-order valence-electron chi connectivity index (χ1n) is 25.0. The maximum Gasteiger partial charge on any atom is 0.362 e. The summed E-state index contributed by atoms with van der Waals surface area (Å²) in [5.41, 5.74) is 0. The summed E-state index contributed by atoms with van der Waals surface area (Å²) in [7, 11) is 5.52. The number of hydrogen-bond donors (Lipinski definition) is 1.